The number of hydrogen-bond acceptors (Lipinski definition) is 3. The van der Waals surface area contributed by atoms with Gasteiger partial charge in [0.05, 0.1) is 13.0 Å². The van der Waals surface area contributed by atoms with Gasteiger partial charge in [-0.05, 0) is 12.8 Å². The monoisotopic (exact) mass is 625 g/mol. The van der Waals surface area contributed by atoms with E-state index in [0.717, 1.165) is 19.3 Å². The van der Waals surface area contributed by atoms with Gasteiger partial charge in [0, 0.05) is 6.42 Å². The first kappa shape index (κ1) is 45.1. The highest BCUT2D eigenvalue weighted by Gasteiger charge is 2.09. The van der Waals surface area contributed by atoms with Gasteiger partial charge in [0.25, 0.3) is 0 Å². The molecule has 4 nitrogen and oxygen atoms in total. The number of carboxylic acid groups (broad SMARTS) is 1. The smallest absolute Gasteiger partial charge is 0.306 e. The molecule has 1 unspecified atom stereocenters. The van der Waals surface area contributed by atoms with Crippen molar-refractivity contribution in [2.45, 2.75) is 233 Å². The summed E-state index contributed by atoms with van der Waals surface area (Å²) in [6.45, 7) is 6.37. The maximum atomic E-state index is 10.9. The average Bonchev–Trinajstić information content (AvgIpc) is 3.02. The largest absolute Gasteiger partial charge is 0.481 e. The Hall–Kier alpha value is -1.06. The molecule has 0 aliphatic rings. The fraction of sp³-hybridized carbons (Fsp3) is 0.950. The van der Waals surface area contributed by atoms with Crippen molar-refractivity contribution in [2.75, 3.05) is 7.11 Å². The Bertz CT molecular complexity index is 560. The first-order chi connectivity index (χ1) is 21.5. The lowest BCUT2D eigenvalue weighted by Gasteiger charge is -2.05. The first-order valence-electron chi connectivity index (χ1n) is 19.8. The fourth-order valence-corrected chi connectivity index (χ4v) is 5.86. The highest BCUT2D eigenvalue weighted by atomic mass is 16.5. The zero-order valence-corrected chi connectivity index (χ0v) is 30.6. The van der Waals surface area contributed by atoms with Crippen LogP contribution in [0.25, 0.3) is 0 Å². The Morgan fingerprint density at radius 1 is 0.455 bits per heavy atom. The molecule has 0 aliphatic carbocycles. The summed E-state index contributed by atoms with van der Waals surface area (Å²) in [6.07, 6.45) is 43.7. The molecule has 0 rings (SSSR count). The molecule has 0 saturated carbocycles. The molecule has 0 saturated heterocycles. The molecule has 4 heteroatoms. The second kappa shape index (κ2) is 40.0. The number of methoxy groups -OCH3 is 1. The van der Waals surface area contributed by atoms with Crippen LogP contribution in [-0.2, 0) is 14.3 Å². The standard InChI is InChI=1S/2C20H40O2/c1-3-4-5-6-7-8-9-10-11-12-13-14-15-16-17-18-19-20(21)22-2;1-3-4-5-6-7-8-9-10-11-12-13-14-15-16-17-18-19(2)20(21)22/h3-19H2,1-2H3;19H,3-18H2,1-2H3,(H,21,22). The van der Waals surface area contributed by atoms with E-state index in [1.54, 1.807) is 0 Å². The molecular formula is C40H80O4. The van der Waals surface area contributed by atoms with Crippen LogP contribution in [0.1, 0.15) is 233 Å². The minimum atomic E-state index is -0.648. The number of ether oxygens (including phenoxy) is 1. The van der Waals surface area contributed by atoms with Crippen molar-refractivity contribution in [3.05, 3.63) is 0 Å². The summed E-state index contributed by atoms with van der Waals surface area (Å²) < 4.78 is 4.64. The summed E-state index contributed by atoms with van der Waals surface area (Å²) in [6, 6.07) is 0. The molecule has 264 valence electrons. The van der Waals surface area contributed by atoms with E-state index in [1.165, 1.54) is 193 Å². The molecule has 0 bridgehead atoms. The number of hydrogen-bond donors (Lipinski definition) is 1. The SMILES string of the molecule is CCCCCCCCCCCCCCCCCC(C)C(=O)O.CCCCCCCCCCCCCCCCCCC(=O)OC. The minimum Gasteiger partial charge on any atom is -0.481 e. The lowest BCUT2D eigenvalue weighted by molar-refractivity contribution is -0.142. The van der Waals surface area contributed by atoms with Crippen LogP contribution in [0.3, 0.4) is 0 Å². The lowest BCUT2D eigenvalue weighted by Crippen LogP contribution is -2.08. The van der Waals surface area contributed by atoms with Crippen molar-refractivity contribution in [1.29, 1.82) is 0 Å². The molecule has 0 aromatic heterocycles. The van der Waals surface area contributed by atoms with E-state index in [-0.39, 0.29) is 11.9 Å². The maximum Gasteiger partial charge on any atom is 0.306 e. The number of aliphatic carboxylic acids is 1. The van der Waals surface area contributed by atoms with E-state index < -0.39 is 5.97 Å². The molecule has 0 aromatic carbocycles. The molecule has 0 radical (unpaired) electrons. The third-order valence-electron chi connectivity index (χ3n) is 9.12. The maximum absolute atomic E-state index is 10.9. The Morgan fingerprint density at radius 2 is 0.705 bits per heavy atom. The van der Waals surface area contributed by atoms with Gasteiger partial charge in [0.15, 0.2) is 0 Å². The van der Waals surface area contributed by atoms with Gasteiger partial charge in [0.2, 0.25) is 0 Å². The van der Waals surface area contributed by atoms with Crippen LogP contribution < -0.4 is 0 Å². The molecule has 0 spiro atoms. The van der Waals surface area contributed by atoms with Gasteiger partial charge in [-0.15, -0.1) is 0 Å². The predicted octanol–water partition coefficient (Wildman–Crippen LogP) is 13.8. The Kier molecular flexibility index (Phi) is 40.9. The third-order valence-corrected chi connectivity index (χ3v) is 9.12. The average molecular weight is 625 g/mol. The zero-order valence-electron chi connectivity index (χ0n) is 30.6. The molecular weight excluding hydrogens is 544 g/mol. The molecule has 1 N–H and O–H groups in total. The zero-order chi connectivity index (χ0) is 32.8. The quantitative estimate of drug-likeness (QED) is 0.0571. The summed E-state index contributed by atoms with van der Waals surface area (Å²) in [5.41, 5.74) is 0. The van der Waals surface area contributed by atoms with E-state index in [1.807, 2.05) is 6.92 Å². The van der Waals surface area contributed by atoms with Gasteiger partial charge in [-0.3, -0.25) is 9.59 Å². The second-order valence-corrected chi connectivity index (χ2v) is 13.6. The topological polar surface area (TPSA) is 63.6 Å². The summed E-state index contributed by atoms with van der Waals surface area (Å²) in [5.74, 6) is -0.877. The molecule has 0 aromatic rings. The van der Waals surface area contributed by atoms with E-state index in [0.29, 0.717) is 6.42 Å². The Labute approximate surface area is 276 Å². The highest BCUT2D eigenvalue weighted by Crippen LogP contribution is 2.16. The Morgan fingerprint density at radius 3 is 0.955 bits per heavy atom. The highest BCUT2D eigenvalue weighted by molar-refractivity contribution is 5.69. The van der Waals surface area contributed by atoms with Crippen molar-refractivity contribution in [1.82, 2.24) is 0 Å². The number of esters is 1. The van der Waals surface area contributed by atoms with Gasteiger partial charge >= 0.3 is 11.9 Å². The molecule has 0 amide bonds. The van der Waals surface area contributed by atoms with Crippen LogP contribution in [-0.4, -0.2) is 24.2 Å². The summed E-state index contributed by atoms with van der Waals surface area (Å²) in [7, 11) is 1.47. The number of unbranched alkanes of at least 4 members (excludes halogenated alkanes) is 29. The van der Waals surface area contributed by atoms with Gasteiger partial charge in [-0.1, -0.05) is 213 Å². The molecule has 0 fully saturated rings. The fourth-order valence-electron chi connectivity index (χ4n) is 5.86. The van der Waals surface area contributed by atoms with E-state index in [4.69, 9.17) is 5.11 Å². The van der Waals surface area contributed by atoms with Crippen LogP contribution in [0.4, 0.5) is 0 Å². The third kappa shape index (κ3) is 40.9. The van der Waals surface area contributed by atoms with E-state index in [9.17, 15) is 9.59 Å². The molecule has 1 atom stereocenters. The van der Waals surface area contributed by atoms with Gasteiger partial charge < -0.3 is 9.84 Å². The van der Waals surface area contributed by atoms with Crippen LogP contribution in [0.5, 0.6) is 0 Å². The van der Waals surface area contributed by atoms with Gasteiger partial charge in [-0.25, -0.2) is 0 Å². The predicted molar refractivity (Wildman–Crippen MR) is 193 cm³/mol. The van der Waals surface area contributed by atoms with Gasteiger partial charge in [0.1, 0.15) is 0 Å². The van der Waals surface area contributed by atoms with Gasteiger partial charge in [-0.2, -0.15) is 0 Å². The van der Waals surface area contributed by atoms with E-state index >= 15 is 0 Å². The van der Waals surface area contributed by atoms with Crippen molar-refractivity contribution in [3.8, 4) is 0 Å². The number of carboxylic acids is 1. The lowest BCUT2D eigenvalue weighted by atomic mass is 10.0. The normalized spacial score (nSPS) is 11.6. The first-order valence-corrected chi connectivity index (χ1v) is 19.8. The van der Waals surface area contributed by atoms with Crippen molar-refractivity contribution < 1.29 is 19.4 Å². The molecule has 0 heterocycles. The summed E-state index contributed by atoms with van der Waals surface area (Å²) in [5, 5.41) is 8.80. The molecule has 44 heavy (non-hydrogen) atoms. The minimum absolute atomic E-state index is 0.0645. The number of rotatable bonds is 34. The second-order valence-electron chi connectivity index (χ2n) is 13.6. The van der Waals surface area contributed by atoms with Crippen LogP contribution in [0.15, 0.2) is 0 Å². The van der Waals surface area contributed by atoms with Crippen LogP contribution >= 0.6 is 0 Å². The van der Waals surface area contributed by atoms with Crippen molar-refractivity contribution in [3.63, 3.8) is 0 Å². The Balaban J connectivity index is 0. The summed E-state index contributed by atoms with van der Waals surface area (Å²) in [4.78, 5) is 21.6. The number of carbonyl (C=O) groups excluding carboxylic acids is 1. The van der Waals surface area contributed by atoms with Crippen LogP contribution in [0.2, 0.25) is 0 Å². The van der Waals surface area contributed by atoms with Crippen LogP contribution in [0, 0.1) is 5.92 Å². The number of carbonyl (C=O) groups is 2. The van der Waals surface area contributed by atoms with E-state index in [2.05, 4.69) is 18.6 Å². The van der Waals surface area contributed by atoms with Crippen molar-refractivity contribution in [2.24, 2.45) is 5.92 Å². The molecule has 0 aliphatic heterocycles. The van der Waals surface area contributed by atoms with Crippen molar-refractivity contribution >= 4 is 11.9 Å². The summed E-state index contributed by atoms with van der Waals surface area (Å²) >= 11 is 0.